The van der Waals surface area contributed by atoms with Crippen molar-refractivity contribution in [3.63, 3.8) is 0 Å². The van der Waals surface area contributed by atoms with Gasteiger partial charge in [0.25, 0.3) is 0 Å². The van der Waals surface area contributed by atoms with E-state index in [1.807, 2.05) is 23.6 Å². The van der Waals surface area contributed by atoms with Crippen LogP contribution in [0.5, 0.6) is 0 Å². The number of nitrogens with zero attached hydrogens (tertiary/aromatic N) is 2. The smallest absolute Gasteiger partial charge is 0.243 e. The van der Waals surface area contributed by atoms with Gasteiger partial charge < -0.3 is 10.6 Å². The first-order chi connectivity index (χ1) is 11.4. The van der Waals surface area contributed by atoms with Crippen LogP contribution >= 0.6 is 23.1 Å². The van der Waals surface area contributed by atoms with Crippen molar-refractivity contribution in [3.8, 4) is 12.1 Å². The Balaban J connectivity index is 2.03. The highest BCUT2D eigenvalue weighted by Gasteiger charge is 2.44. The fourth-order valence-electron chi connectivity index (χ4n) is 2.32. The maximum absolute atomic E-state index is 12.0. The van der Waals surface area contributed by atoms with Crippen LogP contribution in [0.2, 0.25) is 0 Å². The molecule has 0 spiro atoms. The summed E-state index contributed by atoms with van der Waals surface area (Å²) in [4.78, 5) is 25.0. The van der Waals surface area contributed by atoms with Crippen molar-refractivity contribution in [1.82, 2.24) is 10.6 Å². The second-order valence-electron chi connectivity index (χ2n) is 5.73. The van der Waals surface area contributed by atoms with Gasteiger partial charge in [-0.25, -0.2) is 0 Å². The predicted molar refractivity (Wildman–Crippen MR) is 92.3 cm³/mol. The summed E-state index contributed by atoms with van der Waals surface area (Å²) >= 11 is 2.66. The Bertz CT molecular complexity index is 754. The quantitative estimate of drug-likeness (QED) is 0.837. The number of carbonyl (C=O) groups is 2. The summed E-state index contributed by atoms with van der Waals surface area (Å²) in [6.07, 6.45) is 0. The van der Waals surface area contributed by atoms with Gasteiger partial charge in [0.1, 0.15) is 5.92 Å². The van der Waals surface area contributed by atoms with Crippen LogP contribution in [-0.2, 0) is 16.1 Å². The van der Waals surface area contributed by atoms with E-state index < -0.39 is 17.2 Å². The largest absolute Gasteiger partial charge is 0.350 e. The number of hydrogen-bond donors (Lipinski definition) is 2. The topological polar surface area (TPSA) is 106 Å². The van der Waals surface area contributed by atoms with Gasteiger partial charge in [0.2, 0.25) is 11.8 Å². The number of allylic oxidation sites excluding steroid dienone is 1. The predicted octanol–water partition coefficient (Wildman–Crippen LogP) is 2.13. The van der Waals surface area contributed by atoms with Gasteiger partial charge >= 0.3 is 0 Å². The van der Waals surface area contributed by atoms with Crippen LogP contribution in [-0.4, -0.2) is 17.6 Å². The van der Waals surface area contributed by atoms with E-state index in [9.17, 15) is 14.9 Å². The molecule has 124 valence electrons. The molecule has 1 aromatic heterocycles. The number of rotatable bonds is 5. The lowest BCUT2D eigenvalue weighted by Gasteiger charge is -2.34. The first-order valence-electron chi connectivity index (χ1n) is 7.17. The molecule has 0 saturated carbocycles. The molecule has 0 bridgehead atoms. The third-order valence-electron chi connectivity index (χ3n) is 3.72. The van der Waals surface area contributed by atoms with Gasteiger partial charge in [0.15, 0.2) is 0 Å². The zero-order chi connectivity index (χ0) is 17.7. The van der Waals surface area contributed by atoms with E-state index in [4.69, 9.17) is 5.26 Å². The Kier molecular flexibility index (Phi) is 5.66. The van der Waals surface area contributed by atoms with Crippen molar-refractivity contribution in [2.75, 3.05) is 5.75 Å². The van der Waals surface area contributed by atoms with Crippen molar-refractivity contribution in [2.45, 2.75) is 20.4 Å². The highest BCUT2D eigenvalue weighted by atomic mass is 32.2. The Morgan fingerprint density at radius 2 is 2.25 bits per heavy atom. The number of nitriles is 2. The van der Waals surface area contributed by atoms with Crippen molar-refractivity contribution < 1.29 is 9.59 Å². The minimum absolute atomic E-state index is 0.0828. The molecule has 1 aliphatic heterocycles. The van der Waals surface area contributed by atoms with E-state index >= 15 is 0 Å². The molecule has 0 radical (unpaired) electrons. The Hall–Kier alpha value is -2.29. The van der Waals surface area contributed by atoms with Gasteiger partial charge in [-0.3, -0.25) is 9.59 Å². The summed E-state index contributed by atoms with van der Waals surface area (Å²) in [6, 6.07) is 7.86. The molecule has 2 rings (SSSR count). The molecule has 2 N–H and O–H groups in total. The summed E-state index contributed by atoms with van der Waals surface area (Å²) in [5.41, 5.74) is -0.563. The van der Waals surface area contributed by atoms with Gasteiger partial charge in [-0.15, -0.1) is 11.3 Å². The summed E-state index contributed by atoms with van der Waals surface area (Å²) in [7, 11) is 0. The van der Waals surface area contributed by atoms with Crippen LogP contribution in [0.4, 0.5) is 0 Å². The van der Waals surface area contributed by atoms with E-state index in [2.05, 4.69) is 16.7 Å². The lowest BCUT2D eigenvalue weighted by molar-refractivity contribution is -0.125. The van der Waals surface area contributed by atoms with Crippen molar-refractivity contribution in [2.24, 2.45) is 11.3 Å². The number of carbonyl (C=O) groups excluding carboxylic acids is 2. The third kappa shape index (κ3) is 3.78. The number of thiophene rings is 1. The Morgan fingerprint density at radius 3 is 2.83 bits per heavy atom. The first-order valence-corrected chi connectivity index (χ1v) is 9.04. The fraction of sp³-hybridized carbons (Fsp3) is 0.375. The van der Waals surface area contributed by atoms with E-state index in [1.54, 1.807) is 25.2 Å². The highest BCUT2D eigenvalue weighted by molar-refractivity contribution is 8.03. The molecule has 1 aromatic rings. The molecule has 1 atom stereocenters. The lowest BCUT2D eigenvalue weighted by atomic mass is 9.72. The molecule has 0 unspecified atom stereocenters. The van der Waals surface area contributed by atoms with Crippen LogP contribution < -0.4 is 10.6 Å². The minimum Gasteiger partial charge on any atom is -0.350 e. The highest BCUT2D eigenvalue weighted by Crippen LogP contribution is 2.41. The monoisotopic (exact) mass is 360 g/mol. The number of hydrogen-bond acceptors (Lipinski definition) is 6. The fourth-order valence-corrected chi connectivity index (χ4v) is 3.97. The first kappa shape index (κ1) is 18.1. The molecule has 1 aliphatic rings. The zero-order valence-electron chi connectivity index (χ0n) is 13.3. The lowest BCUT2D eigenvalue weighted by Crippen LogP contribution is -2.44. The normalized spacial score (nSPS) is 19.2. The van der Waals surface area contributed by atoms with Gasteiger partial charge in [0.05, 0.1) is 35.0 Å². The van der Waals surface area contributed by atoms with Crippen LogP contribution in [0.3, 0.4) is 0 Å². The molecule has 2 amide bonds. The third-order valence-corrected chi connectivity index (χ3v) is 5.60. The molecule has 6 nitrogen and oxygen atoms in total. The number of thioether (sulfide) groups is 1. The second kappa shape index (κ2) is 7.52. The van der Waals surface area contributed by atoms with Gasteiger partial charge in [-0.2, -0.15) is 10.5 Å². The van der Waals surface area contributed by atoms with Gasteiger partial charge in [0, 0.05) is 10.3 Å². The SMILES string of the molecule is CC1(C)C(C#N)=C(SCC(=O)NCc2cccs2)NC(=O)[C@H]1C#N. The molecule has 24 heavy (non-hydrogen) atoms. The van der Waals surface area contributed by atoms with E-state index in [0.29, 0.717) is 17.1 Å². The summed E-state index contributed by atoms with van der Waals surface area (Å²) in [5.74, 6) is -1.47. The average molecular weight is 360 g/mol. The van der Waals surface area contributed by atoms with Gasteiger partial charge in [-0.05, 0) is 11.4 Å². The molecular formula is C16H16N4O2S2. The molecule has 2 heterocycles. The van der Waals surface area contributed by atoms with E-state index in [0.717, 1.165) is 16.6 Å². The maximum Gasteiger partial charge on any atom is 0.243 e. The molecule has 0 aliphatic carbocycles. The summed E-state index contributed by atoms with van der Waals surface area (Å²) in [6.45, 7) is 3.83. The standard InChI is InChI=1S/C16H16N4O2S2/c1-16(2)11(6-17)14(22)20-15(12(16)7-18)24-9-13(21)19-8-10-4-3-5-23-10/h3-5,11H,8-9H2,1-2H3,(H,19,21)(H,20,22)/t11-/m1/s1. The van der Waals surface area contributed by atoms with Crippen molar-refractivity contribution >= 4 is 34.9 Å². The van der Waals surface area contributed by atoms with Crippen LogP contribution in [0.25, 0.3) is 0 Å². The van der Waals surface area contributed by atoms with Gasteiger partial charge in [-0.1, -0.05) is 31.7 Å². The molecule has 0 fully saturated rings. The zero-order valence-corrected chi connectivity index (χ0v) is 14.9. The van der Waals surface area contributed by atoms with E-state index in [-0.39, 0.29) is 11.7 Å². The summed E-state index contributed by atoms with van der Waals surface area (Å²) in [5, 5.41) is 26.2. The van der Waals surface area contributed by atoms with Crippen LogP contribution in [0, 0.1) is 34.0 Å². The van der Waals surface area contributed by atoms with Crippen molar-refractivity contribution in [3.05, 3.63) is 33.0 Å². The number of nitrogens with one attached hydrogen (secondary N) is 2. The molecule has 8 heteroatoms. The van der Waals surface area contributed by atoms with Crippen LogP contribution in [0.15, 0.2) is 28.1 Å². The van der Waals surface area contributed by atoms with Crippen LogP contribution in [0.1, 0.15) is 18.7 Å². The second-order valence-corrected chi connectivity index (χ2v) is 7.75. The van der Waals surface area contributed by atoms with Crippen molar-refractivity contribution in [1.29, 1.82) is 10.5 Å². The maximum atomic E-state index is 12.0. The Morgan fingerprint density at radius 1 is 1.50 bits per heavy atom. The average Bonchev–Trinajstić information content (AvgIpc) is 3.03. The van der Waals surface area contributed by atoms with E-state index in [1.165, 1.54) is 0 Å². The number of amides is 2. The summed E-state index contributed by atoms with van der Waals surface area (Å²) < 4.78 is 0. The molecular weight excluding hydrogens is 344 g/mol. The minimum atomic E-state index is -0.927. The molecule has 0 aromatic carbocycles. The Labute approximate surface area is 148 Å². The molecule has 0 saturated heterocycles.